The molecule has 0 aromatic rings. The fraction of sp³-hybridized carbons (Fsp3) is 0.500. The summed E-state index contributed by atoms with van der Waals surface area (Å²) in [5.41, 5.74) is 0. The summed E-state index contributed by atoms with van der Waals surface area (Å²) in [6.07, 6.45) is 15.5. The van der Waals surface area contributed by atoms with Crippen molar-refractivity contribution in [1.82, 2.24) is 0 Å². The molecule has 140 valence electrons. The third kappa shape index (κ3) is 15.3. The molecule has 0 heterocycles. The number of rotatable bonds is 14. The maximum atomic E-state index is 11.5. The molecule has 0 aromatic carbocycles. The van der Waals surface area contributed by atoms with Crippen molar-refractivity contribution in [3.8, 4) is 0 Å². The van der Waals surface area contributed by atoms with Crippen LogP contribution in [0.15, 0.2) is 48.6 Å². The van der Waals surface area contributed by atoms with Crippen molar-refractivity contribution >= 4 is 11.8 Å². The Labute approximate surface area is 150 Å². The first-order valence-corrected chi connectivity index (χ1v) is 8.76. The number of ketones is 1. The van der Waals surface area contributed by atoms with E-state index in [-0.39, 0.29) is 18.6 Å². The molecule has 0 unspecified atom stereocenters. The molecule has 25 heavy (non-hydrogen) atoms. The summed E-state index contributed by atoms with van der Waals surface area (Å²) in [4.78, 5) is 21.8. The third-order valence-corrected chi connectivity index (χ3v) is 3.46. The van der Waals surface area contributed by atoms with Crippen LogP contribution in [-0.4, -0.2) is 39.3 Å². The monoisotopic (exact) mass is 350 g/mol. The van der Waals surface area contributed by atoms with Crippen LogP contribution >= 0.6 is 0 Å². The van der Waals surface area contributed by atoms with Gasteiger partial charge in [-0.3, -0.25) is 9.59 Å². The van der Waals surface area contributed by atoms with Crippen molar-refractivity contribution in [2.75, 3.05) is 0 Å². The van der Waals surface area contributed by atoms with Crippen LogP contribution in [0.25, 0.3) is 0 Å². The van der Waals surface area contributed by atoms with Crippen LogP contribution < -0.4 is 0 Å². The summed E-state index contributed by atoms with van der Waals surface area (Å²) in [6.45, 7) is 2.10. The zero-order valence-electron chi connectivity index (χ0n) is 14.9. The average molecular weight is 350 g/mol. The molecule has 0 saturated heterocycles. The fourth-order valence-corrected chi connectivity index (χ4v) is 1.99. The second-order valence-corrected chi connectivity index (χ2v) is 5.78. The van der Waals surface area contributed by atoms with Gasteiger partial charge in [0.25, 0.3) is 0 Å². The Hall–Kier alpha value is -1.98. The van der Waals surface area contributed by atoms with E-state index in [1.54, 1.807) is 42.5 Å². The molecule has 0 aliphatic heterocycles. The van der Waals surface area contributed by atoms with Crippen molar-refractivity contribution in [2.24, 2.45) is 0 Å². The summed E-state index contributed by atoms with van der Waals surface area (Å²) in [6, 6.07) is 0. The van der Waals surface area contributed by atoms with Crippen molar-refractivity contribution < 1.29 is 24.9 Å². The number of hydrogen-bond acceptors (Lipinski definition) is 4. The van der Waals surface area contributed by atoms with Gasteiger partial charge in [0.05, 0.1) is 12.2 Å². The lowest BCUT2D eigenvalue weighted by molar-refractivity contribution is -0.137. The van der Waals surface area contributed by atoms with Gasteiger partial charge in [0.1, 0.15) is 0 Å². The summed E-state index contributed by atoms with van der Waals surface area (Å²) in [5.74, 6) is -0.786. The van der Waals surface area contributed by atoms with Crippen molar-refractivity contribution in [2.45, 2.75) is 64.1 Å². The van der Waals surface area contributed by atoms with E-state index in [1.807, 2.05) is 0 Å². The average Bonchev–Trinajstić information content (AvgIpc) is 2.56. The number of aliphatic hydroxyl groups excluding tert-OH is 2. The summed E-state index contributed by atoms with van der Waals surface area (Å²) >= 11 is 0. The Bertz CT molecular complexity index is 488. The molecule has 3 N–H and O–H groups in total. The highest BCUT2D eigenvalue weighted by Crippen LogP contribution is 2.06. The number of aliphatic carboxylic acids is 1. The smallest absolute Gasteiger partial charge is 0.303 e. The van der Waals surface area contributed by atoms with Gasteiger partial charge in [-0.1, -0.05) is 62.3 Å². The molecule has 2 atom stereocenters. The van der Waals surface area contributed by atoms with E-state index in [0.29, 0.717) is 12.8 Å². The molecule has 0 aliphatic rings. The lowest BCUT2D eigenvalue weighted by atomic mass is 10.1. The lowest BCUT2D eigenvalue weighted by Crippen LogP contribution is -2.23. The highest BCUT2D eigenvalue weighted by molar-refractivity contribution is 5.89. The molecule has 0 aliphatic carbocycles. The van der Waals surface area contributed by atoms with Gasteiger partial charge in [-0.15, -0.1) is 0 Å². The zero-order chi connectivity index (χ0) is 18.9. The quantitative estimate of drug-likeness (QED) is 0.254. The van der Waals surface area contributed by atoms with E-state index in [9.17, 15) is 19.8 Å². The van der Waals surface area contributed by atoms with E-state index in [0.717, 1.165) is 19.3 Å². The second kappa shape index (κ2) is 15.5. The Balaban J connectivity index is 3.99. The van der Waals surface area contributed by atoms with E-state index < -0.39 is 18.2 Å². The Morgan fingerprint density at radius 2 is 1.52 bits per heavy atom. The van der Waals surface area contributed by atoms with Gasteiger partial charge >= 0.3 is 5.97 Å². The van der Waals surface area contributed by atoms with Crippen LogP contribution in [0.2, 0.25) is 0 Å². The zero-order valence-corrected chi connectivity index (χ0v) is 14.9. The molecular formula is C20H30O5. The van der Waals surface area contributed by atoms with Crippen molar-refractivity contribution in [3.63, 3.8) is 0 Å². The van der Waals surface area contributed by atoms with Crippen molar-refractivity contribution in [1.29, 1.82) is 0 Å². The highest BCUT2D eigenvalue weighted by atomic mass is 16.4. The van der Waals surface area contributed by atoms with Crippen molar-refractivity contribution in [3.05, 3.63) is 48.6 Å². The van der Waals surface area contributed by atoms with Gasteiger partial charge in [-0.2, -0.15) is 0 Å². The van der Waals surface area contributed by atoms with Gasteiger partial charge in [-0.05, 0) is 25.3 Å². The number of allylic oxidation sites excluding steroid dienone is 7. The van der Waals surface area contributed by atoms with E-state index in [1.165, 1.54) is 6.08 Å². The van der Waals surface area contributed by atoms with Gasteiger partial charge in [-0.25, -0.2) is 0 Å². The molecular weight excluding hydrogens is 320 g/mol. The predicted molar refractivity (Wildman–Crippen MR) is 99.2 cm³/mol. The Kier molecular flexibility index (Phi) is 14.3. The molecule has 5 nitrogen and oxygen atoms in total. The molecule has 0 rings (SSSR count). The lowest BCUT2D eigenvalue weighted by Gasteiger charge is -2.13. The summed E-state index contributed by atoms with van der Waals surface area (Å²) in [5, 5.41) is 27.9. The number of hydrogen-bond donors (Lipinski definition) is 3. The molecule has 0 fully saturated rings. The van der Waals surface area contributed by atoms with Gasteiger partial charge in [0.2, 0.25) is 0 Å². The number of aliphatic hydroxyl groups is 2. The van der Waals surface area contributed by atoms with Gasteiger partial charge < -0.3 is 15.3 Å². The maximum Gasteiger partial charge on any atom is 0.303 e. The molecule has 5 heteroatoms. The number of carbonyl (C=O) groups excluding carboxylic acids is 1. The number of unbranched alkanes of at least 4 members (excludes halogenated alkanes) is 2. The fourth-order valence-electron chi connectivity index (χ4n) is 1.99. The molecule has 0 amide bonds. The van der Waals surface area contributed by atoms with Crippen LogP contribution in [0.1, 0.15) is 51.9 Å². The molecule has 0 radical (unpaired) electrons. The summed E-state index contributed by atoms with van der Waals surface area (Å²) < 4.78 is 0. The topological polar surface area (TPSA) is 94.8 Å². The third-order valence-electron chi connectivity index (χ3n) is 3.46. The SMILES string of the molecule is CCCCCC(=O)/C=C/C=C\C=C\C=C\[C@@H](O)[C@@H](O)CCCC(=O)O. The molecule has 0 saturated carbocycles. The first kappa shape index (κ1) is 23.0. The number of carboxylic acids is 1. The minimum atomic E-state index is -1.02. The van der Waals surface area contributed by atoms with E-state index >= 15 is 0 Å². The summed E-state index contributed by atoms with van der Waals surface area (Å²) in [7, 11) is 0. The largest absolute Gasteiger partial charge is 0.481 e. The highest BCUT2D eigenvalue weighted by Gasteiger charge is 2.12. The standard InChI is InChI=1S/C20H30O5/c1-2-3-8-12-17(21)13-9-6-4-5-7-10-14-18(22)19(23)15-11-16-20(24)25/h4-7,9-10,13-14,18-19,22-23H,2-3,8,11-12,15-16H2,1H3,(H,24,25)/b6-4-,7-5+,13-9+,14-10+/t18-,19+/m1/s1. The van der Waals surface area contributed by atoms with Gasteiger partial charge in [0.15, 0.2) is 5.78 Å². The van der Waals surface area contributed by atoms with E-state index in [4.69, 9.17) is 5.11 Å². The Morgan fingerprint density at radius 1 is 0.880 bits per heavy atom. The van der Waals surface area contributed by atoms with E-state index in [2.05, 4.69) is 6.92 Å². The van der Waals surface area contributed by atoms with Crippen LogP contribution in [0.5, 0.6) is 0 Å². The predicted octanol–water partition coefficient (Wildman–Crippen LogP) is 3.34. The molecule has 0 spiro atoms. The van der Waals surface area contributed by atoms with Crippen LogP contribution in [0, 0.1) is 0 Å². The first-order chi connectivity index (χ1) is 12.0. The number of carbonyl (C=O) groups is 2. The molecule has 0 bridgehead atoms. The minimum Gasteiger partial charge on any atom is -0.481 e. The maximum absolute atomic E-state index is 11.5. The number of carboxylic acid groups (broad SMARTS) is 1. The van der Waals surface area contributed by atoms with Crippen LogP contribution in [0.3, 0.4) is 0 Å². The van der Waals surface area contributed by atoms with Gasteiger partial charge in [0, 0.05) is 12.8 Å². The van der Waals surface area contributed by atoms with Crippen LogP contribution in [0.4, 0.5) is 0 Å². The Morgan fingerprint density at radius 3 is 2.16 bits per heavy atom. The second-order valence-electron chi connectivity index (χ2n) is 5.78. The normalized spacial score (nSPS) is 14.8. The first-order valence-electron chi connectivity index (χ1n) is 8.76. The van der Waals surface area contributed by atoms with Crippen LogP contribution in [-0.2, 0) is 9.59 Å². The molecule has 0 aromatic heterocycles. The minimum absolute atomic E-state index is 0.0210.